The highest BCUT2D eigenvalue weighted by molar-refractivity contribution is 6.30. The Balaban J connectivity index is 1.89. The Bertz CT molecular complexity index is 623. The van der Waals surface area contributed by atoms with Crippen LogP contribution >= 0.6 is 11.6 Å². The van der Waals surface area contributed by atoms with Gasteiger partial charge in [-0.25, -0.2) is 0 Å². The predicted octanol–water partition coefficient (Wildman–Crippen LogP) is 3.63. The van der Waals surface area contributed by atoms with Crippen LogP contribution in [0.15, 0.2) is 42.5 Å². The molecule has 0 saturated carbocycles. The van der Waals surface area contributed by atoms with Crippen molar-refractivity contribution in [1.29, 1.82) is 0 Å². The van der Waals surface area contributed by atoms with E-state index in [0.717, 1.165) is 28.3 Å². The van der Waals surface area contributed by atoms with E-state index in [1.54, 1.807) is 13.2 Å². The van der Waals surface area contributed by atoms with Crippen LogP contribution in [-0.2, 0) is 6.42 Å². The minimum absolute atomic E-state index is 0.0743. The van der Waals surface area contributed by atoms with E-state index >= 15 is 0 Å². The Morgan fingerprint density at radius 2 is 1.90 bits per heavy atom. The van der Waals surface area contributed by atoms with Crippen molar-refractivity contribution in [2.24, 2.45) is 0 Å². The maximum absolute atomic E-state index is 12.1. The first-order valence-electron chi connectivity index (χ1n) is 6.77. The molecule has 0 atom stereocenters. The summed E-state index contributed by atoms with van der Waals surface area (Å²) in [6.45, 7) is 2.51. The van der Waals surface area contributed by atoms with Gasteiger partial charge in [-0.2, -0.15) is 0 Å². The highest BCUT2D eigenvalue weighted by Crippen LogP contribution is 2.18. The number of benzene rings is 2. The van der Waals surface area contributed by atoms with E-state index in [1.807, 2.05) is 43.3 Å². The molecule has 1 N–H and O–H groups in total. The van der Waals surface area contributed by atoms with Gasteiger partial charge in [0.2, 0.25) is 0 Å². The van der Waals surface area contributed by atoms with E-state index in [0.29, 0.717) is 12.1 Å². The lowest BCUT2D eigenvalue weighted by molar-refractivity contribution is 0.0954. The summed E-state index contributed by atoms with van der Waals surface area (Å²) in [5.74, 6) is 0.711. The van der Waals surface area contributed by atoms with Gasteiger partial charge < -0.3 is 10.1 Å². The first-order chi connectivity index (χ1) is 10.1. The molecule has 0 spiro atoms. The molecule has 0 saturated heterocycles. The van der Waals surface area contributed by atoms with Crippen molar-refractivity contribution in [2.75, 3.05) is 13.7 Å². The smallest absolute Gasteiger partial charge is 0.251 e. The standard InChI is InChI=1S/C17H18ClNO2/c1-12-11-14(5-8-16(12)21-2)17(20)19-10-9-13-3-6-15(18)7-4-13/h3-8,11H,9-10H2,1-2H3,(H,19,20). The first kappa shape index (κ1) is 15.4. The van der Waals surface area contributed by atoms with E-state index in [4.69, 9.17) is 16.3 Å². The van der Waals surface area contributed by atoms with Crippen molar-refractivity contribution < 1.29 is 9.53 Å². The predicted molar refractivity (Wildman–Crippen MR) is 85.2 cm³/mol. The SMILES string of the molecule is COc1ccc(C(=O)NCCc2ccc(Cl)cc2)cc1C. The number of hydrogen-bond acceptors (Lipinski definition) is 2. The van der Waals surface area contributed by atoms with Crippen LogP contribution in [0.1, 0.15) is 21.5 Å². The largest absolute Gasteiger partial charge is 0.496 e. The van der Waals surface area contributed by atoms with Crippen molar-refractivity contribution in [2.45, 2.75) is 13.3 Å². The van der Waals surface area contributed by atoms with Gasteiger partial charge in [0.15, 0.2) is 0 Å². The molecule has 21 heavy (non-hydrogen) atoms. The lowest BCUT2D eigenvalue weighted by Crippen LogP contribution is -2.25. The lowest BCUT2D eigenvalue weighted by Gasteiger charge is -2.08. The topological polar surface area (TPSA) is 38.3 Å². The van der Waals surface area contributed by atoms with Crippen LogP contribution in [0.4, 0.5) is 0 Å². The minimum Gasteiger partial charge on any atom is -0.496 e. The molecule has 0 fully saturated rings. The fourth-order valence-electron chi connectivity index (χ4n) is 2.09. The number of amides is 1. The van der Waals surface area contributed by atoms with E-state index < -0.39 is 0 Å². The average molecular weight is 304 g/mol. The number of halogens is 1. The maximum Gasteiger partial charge on any atom is 0.251 e. The summed E-state index contributed by atoms with van der Waals surface area (Å²) in [6, 6.07) is 13.0. The number of nitrogens with one attached hydrogen (secondary N) is 1. The van der Waals surface area contributed by atoms with E-state index in [1.165, 1.54) is 0 Å². The number of rotatable bonds is 5. The van der Waals surface area contributed by atoms with Crippen LogP contribution in [0.5, 0.6) is 5.75 Å². The highest BCUT2D eigenvalue weighted by Gasteiger charge is 2.07. The van der Waals surface area contributed by atoms with E-state index in [-0.39, 0.29) is 5.91 Å². The maximum atomic E-state index is 12.1. The number of ether oxygens (including phenoxy) is 1. The molecule has 0 unspecified atom stereocenters. The van der Waals surface area contributed by atoms with Gasteiger partial charge in [0.05, 0.1) is 7.11 Å². The molecule has 110 valence electrons. The van der Waals surface area contributed by atoms with Gasteiger partial charge in [-0.05, 0) is 54.8 Å². The Hall–Kier alpha value is -2.00. The summed E-state index contributed by atoms with van der Waals surface area (Å²) in [4.78, 5) is 12.1. The molecule has 0 aromatic heterocycles. The highest BCUT2D eigenvalue weighted by atomic mass is 35.5. The summed E-state index contributed by atoms with van der Waals surface area (Å²) >= 11 is 5.84. The van der Waals surface area contributed by atoms with Gasteiger partial charge in [-0.1, -0.05) is 23.7 Å². The quantitative estimate of drug-likeness (QED) is 0.916. The molecule has 0 aliphatic heterocycles. The van der Waals surface area contributed by atoms with Crippen LogP contribution < -0.4 is 10.1 Å². The van der Waals surface area contributed by atoms with Crippen molar-refractivity contribution in [3.05, 3.63) is 64.2 Å². The van der Waals surface area contributed by atoms with Gasteiger partial charge in [0, 0.05) is 17.1 Å². The zero-order chi connectivity index (χ0) is 15.2. The second-order valence-electron chi connectivity index (χ2n) is 4.82. The van der Waals surface area contributed by atoms with Crippen LogP contribution in [0.2, 0.25) is 5.02 Å². The molecule has 0 heterocycles. The molecular weight excluding hydrogens is 286 g/mol. The fraction of sp³-hybridized carbons (Fsp3) is 0.235. The summed E-state index contributed by atoms with van der Waals surface area (Å²) < 4.78 is 5.19. The molecule has 2 aromatic rings. The average Bonchev–Trinajstić information content (AvgIpc) is 2.49. The summed E-state index contributed by atoms with van der Waals surface area (Å²) in [7, 11) is 1.62. The molecule has 2 rings (SSSR count). The summed E-state index contributed by atoms with van der Waals surface area (Å²) in [6.07, 6.45) is 0.776. The van der Waals surface area contributed by atoms with Crippen molar-refractivity contribution >= 4 is 17.5 Å². The molecule has 4 heteroatoms. The van der Waals surface area contributed by atoms with Gasteiger partial charge in [-0.15, -0.1) is 0 Å². The number of carbonyl (C=O) groups is 1. The van der Waals surface area contributed by atoms with Gasteiger partial charge in [0.1, 0.15) is 5.75 Å². The first-order valence-corrected chi connectivity index (χ1v) is 7.15. The third-order valence-corrected chi connectivity index (χ3v) is 3.52. The molecule has 0 aliphatic rings. The zero-order valence-corrected chi connectivity index (χ0v) is 12.9. The lowest BCUT2D eigenvalue weighted by atomic mass is 10.1. The second-order valence-corrected chi connectivity index (χ2v) is 5.25. The van der Waals surface area contributed by atoms with Gasteiger partial charge in [0.25, 0.3) is 5.91 Å². The molecule has 3 nitrogen and oxygen atoms in total. The fourth-order valence-corrected chi connectivity index (χ4v) is 2.22. The third kappa shape index (κ3) is 4.23. The normalized spacial score (nSPS) is 10.2. The number of hydrogen-bond donors (Lipinski definition) is 1. The van der Waals surface area contributed by atoms with Crippen molar-refractivity contribution in [3.8, 4) is 5.75 Å². The summed E-state index contributed by atoms with van der Waals surface area (Å²) in [5, 5.41) is 3.63. The zero-order valence-electron chi connectivity index (χ0n) is 12.2. The van der Waals surface area contributed by atoms with Gasteiger partial charge >= 0.3 is 0 Å². The Kier molecular flexibility index (Phi) is 5.23. The second kappa shape index (κ2) is 7.14. The number of aryl methyl sites for hydroxylation is 1. The molecule has 0 bridgehead atoms. The Morgan fingerprint density at radius 1 is 1.19 bits per heavy atom. The molecule has 0 radical (unpaired) electrons. The van der Waals surface area contributed by atoms with E-state index in [2.05, 4.69) is 5.32 Å². The van der Waals surface area contributed by atoms with Crippen molar-refractivity contribution in [3.63, 3.8) is 0 Å². The van der Waals surface area contributed by atoms with Crippen molar-refractivity contribution in [1.82, 2.24) is 5.32 Å². The van der Waals surface area contributed by atoms with Crippen LogP contribution in [0, 0.1) is 6.92 Å². The molecule has 2 aromatic carbocycles. The van der Waals surface area contributed by atoms with Crippen LogP contribution in [0.3, 0.4) is 0 Å². The Morgan fingerprint density at radius 3 is 2.52 bits per heavy atom. The minimum atomic E-state index is -0.0743. The molecule has 1 amide bonds. The molecule has 0 aliphatic carbocycles. The number of methoxy groups -OCH3 is 1. The van der Waals surface area contributed by atoms with Crippen LogP contribution in [0.25, 0.3) is 0 Å². The van der Waals surface area contributed by atoms with Crippen LogP contribution in [-0.4, -0.2) is 19.6 Å². The third-order valence-electron chi connectivity index (χ3n) is 3.27. The monoisotopic (exact) mass is 303 g/mol. The molecular formula is C17H18ClNO2. The summed E-state index contributed by atoms with van der Waals surface area (Å²) in [5.41, 5.74) is 2.73. The number of carbonyl (C=O) groups excluding carboxylic acids is 1. The Labute approximate surface area is 129 Å². The van der Waals surface area contributed by atoms with Gasteiger partial charge in [-0.3, -0.25) is 4.79 Å². The van der Waals surface area contributed by atoms with E-state index in [9.17, 15) is 4.79 Å².